The lowest BCUT2D eigenvalue weighted by Crippen LogP contribution is -2.32. The number of hydrogen-bond donors (Lipinski definition) is 3. The highest BCUT2D eigenvalue weighted by Gasteiger charge is 2.21. The normalized spacial score (nSPS) is 23.6. The Kier molecular flexibility index (Phi) is 5.01. The number of aliphatic hydroxyl groups is 1. The smallest absolute Gasteiger partial charge is 0.215 e. The number of hydrogen-bond acceptors (Lipinski definition) is 4. The topological polar surface area (TPSA) is 92.4 Å². The Morgan fingerprint density at radius 2 is 1.95 bits per heavy atom. The minimum atomic E-state index is -3.33. The molecule has 0 saturated heterocycles. The number of benzene rings is 1. The number of anilines is 1. The zero-order valence-electron chi connectivity index (χ0n) is 11.5. The van der Waals surface area contributed by atoms with Crippen LogP contribution in [-0.2, 0) is 15.8 Å². The van der Waals surface area contributed by atoms with Crippen LogP contribution in [0.2, 0.25) is 0 Å². The first-order valence-corrected chi connectivity index (χ1v) is 8.59. The third-order valence-electron chi connectivity index (χ3n) is 3.72. The molecular weight excluding hydrogens is 276 g/mol. The van der Waals surface area contributed by atoms with Crippen molar-refractivity contribution in [2.45, 2.75) is 37.5 Å². The highest BCUT2D eigenvalue weighted by Crippen LogP contribution is 2.23. The molecule has 0 aliphatic heterocycles. The summed E-state index contributed by atoms with van der Waals surface area (Å²) in [6.45, 7) is 0.456. The number of nitrogens with two attached hydrogens (primary N) is 1. The molecule has 112 valence electrons. The van der Waals surface area contributed by atoms with Crippen LogP contribution < -0.4 is 10.5 Å². The van der Waals surface area contributed by atoms with E-state index in [1.807, 2.05) is 0 Å². The molecule has 1 aliphatic carbocycles. The van der Waals surface area contributed by atoms with Crippen LogP contribution in [0.4, 0.5) is 5.69 Å². The summed E-state index contributed by atoms with van der Waals surface area (Å²) in [6, 6.07) is 6.92. The highest BCUT2D eigenvalue weighted by atomic mass is 32.2. The molecule has 0 spiro atoms. The Labute approximate surface area is 120 Å². The zero-order valence-corrected chi connectivity index (χ0v) is 12.3. The van der Waals surface area contributed by atoms with Crippen LogP contribution >= 0.6 is 0 Å². The number of aliphatic hydroxyl groups excluding tert-OH is 1. The zero-order chi connectivity index (χ0) is 14.6. The van der Waals surface area contributed by atoms with Gasteiger partial charge in [-0.15, -0.1) is 0 Å². The summed E-state index contributed by atoms with van der Waals surface area (Å²) in [5, 5.41) is 9.43. The molecule has 6 heteroatoms. The maximum atomic E-state index is 12.0. The lowest BCUT2D eigenvalue weighted by molar-refractivity contribution is 0.109. The third-order valence-corrected chi connectivity index (χ3v) is 5.04. The van der Waals surface area contributed by atoms with Gasteiger partial charge < -0.3 is 10.8 Å². The number of sulfonamides is 1. The van der Waals surface area contributed by atoms with E-state index in [2.05, 4.69) is 4.72 Å². The van der Waals surface area contributed by atoms with Crippen molar-refractivity contribution in [2.75, 3.05) is 12.3 Å². The van der Waals surface area contributed by atoms with Crippen molar-refractivity contribution < 1.29 is 13.5 Å². The van der Waals surface area contributed by atoms with Gasteiger partial charge in [0.25, 0.3) is 0 Å². The van der Waals surface area contributed by atoms with Gasteiger partial charge in [-0.05, 0) is 49.3 Å². The number of nitrogens with one attached hydrogen (secondary N) is 1. The van der Waals surface area contributed by atoms with Crippen molar-refractivity contribution in [3.8, 4) is 0 Å². The van der Waals surface area contributed by atoms with E-state index in [1.165, 1.54) is 0 Å². The van der Waals surface area contributed by atoms with E-state index in [-0.39, 0.29) is 11.9 Å². The summed E-state index contributed by atoms with van der Waals surface area (Å²) >= 11 is 0. The maximum Gasteiger partial charge on any atom is 0.215 e. The fraction of sp³-hybridized carbons (Fsp3) is 0.571. The summed E-state index contributed by atoms with van der Waals surface area (Å²) in [6.07, 6.45) is 3.07. The van der Waals surface area contributed by atoms with Crippen molar-refractivity contribution in [3.05, 3.63) is 29.8 Å². The van der Waals surface area contributed by atoms with Crippen LogP contribution in [0.25, 0.3) is 0 Å². The molecule has 0 heterocycles. The van der Waals surface area contributed by atoms with Crippen LogP contribution in [0, 0.1) is 5.92 Å². The van der Waals surface area contributed by atoms with Crippen LogP contribution in [-0.4, -0.2) is 26.2 Å². The lowest BCUT2D eigenvalue weighted by atomic mass is 9.88. The molecular formula is C14H22N2O3S. The van der Waals surface area contributed by atoms with Crippen LogP contribution in [0.3, 0.4) is 0 Å². The second kappa shape index (κ2) is 6.56. The minimum Gasteiger partial charge on any atom is -0.399 e. The summed E-state index contributed by atoms with van der Waals surface area (Å²) in [5.41, 5.74) is 6.90. The van der Waals surface area contributed by atoms with E-state index < -0.39 is 10.0 Å². The summed E-state index contributed by atoms with van der Waals surface area (Å²) < 4.78 is 26.7. The molecule has 1 fully saturated rings. The van der Waals surface area contributed by atoms with E-state index in [0.29, 0.717) is 23.7 Å². The van der Waals surface area contributed by atoms with Gasteiger partial charge in [0.2, 0.25) is 10.0 Å². The van der Waals surface area contributed by atoms with Crippen molar-refractivity contribution in [2.24, 2.45) is 5.92 Å². The molecule has 0 bridgehead atoms. The second-order valence-corrected chi connectivity index (χ2v) is 7.33. The van der Waals surface area contributed by atoms with Gasteiger partial charge in [0.05, 0.1) is 11.9 Å². The fourth-order valence-electron chi connectivity index (χ4n) is 2.55. The molecule has 0 atom stereocenters. The minimum absolute atomic E-state index is 0.0482. The number of nitrogen functional groups attached to an aromatic ring is 1. The first kappa shape index (κ1) is 15.3. The molecule has 1 aromatic rings. The quantitative estimate of drug-likeness (QED) is 0.713. The molecule has 1 aromatic carbocycles. The van der Waals surface area contributed by atoms with Gasteiger partial charge in [-0.3, -0.25) is 0 Å². The standard InChI is InChI=1S/C14H22N2O3S/c15-13-3-1-2-12(8-13)10-20(18,19)16-9-11-4-6-14(17)7-5-11/h1-3,8,11,14,16-17H,4-7,9-10,15H2. The van der Waals surface area contributed by atoms with E-state index in [9.17, 15) is 13.5 Å². The Bertz CT molecular complexity index is 537. The predicted molar refractivity (Wildman–Crippen MR) is 79.4 cm³/mol. The van der Waals surface area contributed by atoms with Crippen LogP contribution in [0.1, 0.15) is 31.2 Å². The van der Waals surface area contributed by atoms with Gasteiger partial charge >= 0.3 is 0 Å². The highest BCUT2D eigenvalue weighted by molar-refractivity contribution is 7.88. The molecule has 1 saturated carbocycles. The third kappa shape index (κ3) is 4.77. The van der Waals surface area contributed by atoms with Gasteiger partial charge in [0.1, 0.15) is 0 Å². The second-order valence-electron chi connectivity index (χ2n) is 5.53. The summed E-state index contributed by atoms with van der Waals surface area (Å²) in [5.74, 6) is 0.280. The Balaban J connectivity index is 1.85. The molecule has 1 aliphatic rings. The van der Waals surface area contributed by atoms with Crippen molar-refractivity contribution in [3.63, 3.8) is 0 Å². The van der Waals surface area contributed by atoms with Crippen LogP contribution in [0.5, 0.6) is 0 Å². The molecule has 0 unspecified atom stereocenters. The van der Waals surface area contributed by atoms with E-state index in [1.54, 1.807) is 24.3 Å². The fourth-order valence-corrected chi connectivity index (χ4v) is 3.76. The lowest BCUT2D eigenvalue weighted by Gasteiger charge is -2.25. The molecule has 0 aromatic heterocycles. The van der Waals surface area contributed by atoms with E-state index in [0.717, 1.165) is 25.7 Å². The summed E-state index contributed by atoms with van der Waals surface area (Å²) in [4.78, 5) is 0. The molecule has 2 rings (SSSR count). The van der Waals surface area contributed by atoms with E-state index in [4.69, 9.17) is 5.73 Å². The first-order chi connectivity index (χ1) is 9.44. The van der Waals surface area contributed by atoms with Gasteiger partial charge in [-0.25, -0.2) is 13.1 Å². The Hall–Kier alpha value is -1.11. The molecule has 4 N–H and O–H groups in total. The van der Waals surface area contributed by atoms with Crippen molar-refractivity contribution in [1.29, 1.82) is 0 Å². The summed E-state index contributed by atoms with van der Waals surface area (Å²) in [7, 11) is -3.33. The Morgan fingerprint density at radius 3 is 2.60 bits per heavy atom. The van der Waals surface area contributed by atoms with Crippen LogP contribution in [0.15, 0.2) is 24.3 Å². The average Bonchev–Trinajstić information content (AvgIpc) is 2.37. The van der Waals surface area contributed by atoms with Gasteiger partial charge in [0.15, 0.2) is 0 Å². The molecule has 0 amide bonds. The molecule has 5 nitrogen and oxygen atoms in total. The average molecular weight is 298 g/mol. The van der Waals surface area contributed by atoms with Crippen molar-refractivity contribution >= 4 is 15.7 Å². The SMILES string of the molecule is Nc1cccc(CS(=O)(=O)NCC2CCC(O)CC2)c1. The molecule has 0 radical (unpaired) electrons. The van der Waals surface area contributed by atoms with E-state index >= 15 is 0 Å². The largest absolute Gasteiger partial charge is 0.399 e. The first-order valence-electron chi connectivity index (χ1n) is 6.94. The predicted octanol–water partition coefficient (Wildman–Crippen LogP) is 1.24. The van der Waals surface area contributed by atoms with Gasteiger partial charge in [-0.1, -0.05) is 12.1 Å². The maximum absolute atomic E-state index is 12.0. The molecule has 20 heavy (non-hydrogen) atoms. The van der Waals surface area contributed by atoms with Crippen molar-refractivity contribution in [1.82, 2.24) is 4.72 Å². The Morgan fingerprint density at radius 1 is 1.25 bits per heavy atom. The van der Waals surface area contributed by atoms with Gasteiger partial charge in [-0.2, -0.15) is 0 Å². The van der Waals surface area contributed by atoms with Gasteiger partial charge in [0, 0.05) is 12.2 Å². The monoisotopic (exact) mass is 298 g/mol. The number of rotatable bonds is 5.